The summed E-state index contributed by atoms with van der Waals surface area (Å²) < 4.78 is 45.0. The van der Waals surface area contributed by atoms with Crippen LogP contribution >= 0.6 is 11.3 Å². The third-order valence-corrected chi connectivity index (χ3v) is 5.74. The summed E-state index contributed by atoms with van der Waals surface area (Å²) in [5.74, 6) is 0.954. The van der Waals surface area contributed by atoms with E-state index in [-0.39, 0.29) is 24.0 Å². The van der Waals surface area contributed by atoms with E-state index in [0.29, 0.717) is 32.6 Å². The Bertz CT molecular complexity index is 1100. The number of aryl methyl sites for hydroxylation is 1. The normalized spacial score (nSPS) is 10.7. The summed E-state index contributed by atoms with van der Waals surface area (Å²) in [6.07, 6.45) is 0. The summed E-state index contributed by atoms with van der Waals surface area (Å²) in [5, 5.41) is 3.49. The van der Waals surface area contributed by atoms with Crippen LogP contribution in [0.25, 0.3) is 10.6 Å². The van der Waals surface area contributed by atoms with Gasteiger partial charge >= 0.3 is 6.61 Å². The van der Waals surface area contributed by atoms with E-state index < -0.39 is 6.61 Å². The SMILES string of the molecule is COc1ccc(-c2nc(C)c(C(=O)NCc3ccc(OC(F)F)c(OC)c3)s2)cc1OC. The van der Waals surface area contributed by atoms with Crippen molar-refractivity contribution in [1.29, 1.82) is 0 Å². The predicted molar refractivity (Wildman–Crippen MR) is 116 cm³/mol. The largest absolute Gasteiger partial charge is 0.493 e. The first-order valence-corrected chi connectivity index (χ1v) is 10.3. The molecule has 0 aliphatic heterocycles. The van der Waals surface area contributed by atoms with E-state index in [9.17, 15) is 13.6 Å². The molecule has 0 fully saturated rings. The summed E-state index contributed by atoms with van der Waals surface area (Å²) in [7, 11) is 4.46. The molecule has 3 rings (SSSR count). The highest BCUT2D eigenvalue weighted by Crippen LogP contribution is 2.35. The molecule has 1 N–H and O–H groups in total. The molecule has 0 saturated heterocycles. The number of thiazole rings is 1. The van der Waals surface area contributed by atoms with Crippen molar-refractivity contribution in [3.05, 3.63) is 52.5 Å². The summed E-state index contributed by atoms with van der Waals surface area (Å²) in [4.78, 5) is 17.7. The third kappa shape index (κ3) is 5.25. The minimum atomic E-state index is -2.95. The molecule has 170 valence electrons. The smallest absolute Gasteiger partial charge is 0.387 e. The fraction of sp³-hybridized carbons (Fsp3) is 0.273. The van der Waals surface area contributed by atoms with Crippen molar-refractivity contribution < 1.29 is 32.5 Å². The Morgan fingerprint density at radius 1 is 1.00 bits per heavy atom. The van der Waals surface area contributed by atoms with Crippen molar-refractivity contribution in [2.75, 3.05) is 21.3 Å². The van der Waals surface area contributed by atoms with Crippen LogP contribution < -0.4 is 24.3 Å². The van der Waals surface area contributed by atoms with E-state index in [1.807, 2.05) is 6.07 Å². The fourth-order valence-electron chi connectivity index (χ4n) is 2.98. The Balaban J connectivity index is 1.74. The predicted octanol–water partition coefficient (Wildman–Crippen LogP) is 4.68. The quantitative estimate of drug-likeness (QED) is 0.496. The zero-order valence-electron chi connectivity index (χ0n) is 17.9. The molecular weight excluding hydrogens is 442 g/mol. The summed E-state index contributed by atoms with van der Waals surface area (Å²) in [5.41, 5.74) is 2.06. The molecule has 0 bridgehead atoms. The van der Waals surface area contributed by atoms with E-state index in [2.05, 4.69) is 15.0 Å². The molecule has 0 spiro atoms. The van der Waals surface area contributed by atoms with Crippen LogP contribution in [0.5, 0.6) is 23.0 Å². The number of nitrogens with zero attached hydrogens (tertiary/aromatic N) is 1. The van der Waals surface area contributed by atoms with Gasteiger partial charge in [0.1, 0.15) is 9.88 Å². The Morgan fingerprint density at radius 2 is 1.66 bits per heavy atom. The number of hydrogen-bond donors (Lipinski definition) is 1. The molecule has 0 unspecified atom stereocenters. The number of carbonyl (C=O) groups is 1. The average molecular weight is 464 g/mol. The zero-order valence-corrected chi connectivity index (χ0v) is 18.7. The van der Waals surface area contributed by atoms with Crippen LogP contribution in [0.2, 0.25) is 0 Å². The number of rotatable bonds is 9. The molecule has 0 atom stereocenters. The lowest BCUT2D eigenvalue weighted by molar-refractivity contribution is -0.0512. The van der Waals surface area contributed by atoms with E-state index in [1.165, 1.54) is 30.6 Å². The standard InChI is InChI=1S/C22H22F2N2O5S/c1-12-19(32-21(26-12)14-6-8-15(28-2)18(10-14)30-4)20(27)25-11-13-5-7-16(31-22(23)24)17(9-13)29-3/h5-10,22H,11H2,1-4H3,(H,25,27). The first-order valence-electron chi connectivity index (χ1n) is 9.46. The number of amides is 1. The molecule has 0 aliphatic carbocycles. The molecule has 2 aromatic carbocycles. The molecule has 0 aliphatic rings. The Labute approximate surface area is 187 Å². The van der Waals surface area contributed by atoms with Crippen molar-refractivity contribution in [3.8, 4) is 33.6 Å². The fourth-order valence-corrected chi connectivity index (χ4v) is 3.96. The van der Waals surface area contributed by atoms with Crippen LogP contribution in [0, 0.1) is 6.92 Å². The lowest BCUT2D eigenvalue weighted by atomic mass is 10.2. The van der Waals surface area contributed by atoms with E-state index in [1.54, 1.807) is 39.3 Å². The Kier molecular flexibility index (Phi) is 7.47. The number of ether oxygens (including phenoxy) is 4. The molecule has 7 nitrogen and oxygen atoms in total. The van der Waals surface area contributed by atoms with Gasteiger partial charge in [0.25, 0.3) is 5.91 Å². The maximum absolute atomic E-state index is 12.7. The number of nitrogens with one attached hydrogen (secondary N) is 1. The van der Waals surface area contributed by atoms with Gasteiger partial charge in [0.15, 0.2) is 23.0 Å². The van der Waals surface area contributed by atoms with Crippen molar-refractivity contribution in [2.24, 2.45) is 0 Å². The lowest BCUT2D eigenvalue weighted by Gasteiger charge is -2.11. The minimum absolute atomic E-state index is 0.0737. The van der Waals surface area contributed by atoms with Gasteiger partial charge in [0.05, 0.1) is 27.0 Å². The van der Waals surface area contributed by atoms with Crippen LogP contribution in [0.3, 0.4) is 0 Å². The summed E-state index contributed by atoms with van der Waals surface area (Å²) in [6.45, 7) is -1.02. The van der Waals surface area contributed by atoms with Crippen LogP contribution in [-0.4, -0.2) is 38.8 Å². The second kappa shape index (κ2) is 10.3. The molecule has 1 heterocycles. The van der Waals surface area contributed by atoms with Crippen LogP contribution in [0.15, 0.2) is 36.4 Å². The number of aromatic nitrogens is 1. The van der Waals surface area contributed by atoms with Gasteiger partial charge in [-0.05, 0) is 42.8 Å². The molecule has 0 radical (unpaired) electrons. The van der Waals surface area contributed by atoms with E-state index in [4.69, 9.17) is 14.2 Å². The first kappa shape index (κ1) is 23.3. The topological polar surface area (TPSA) is 78.9 Å². The highest BCUT2D eigenvalue weighted by atomic mass is 32.1. The number of methoxy groups -OCH3 is 3. The van der Waals surface area contributed by atoms with Crippen molar-refractivity contribution >= 4 is 17.2 Å². The number of carbonyl (C=O) groups excluding carboxylic acids is 1. The molecule has 3 aromatic rings. The second-order valence-corrected chi connectivity index (χ2v) is 7.55. The third-order valence-electron chi connectivity index (χ3n) is 4.53. The zero-order chi connectivity index (χ0) is 23.3. The summed E-state index contributed by atoms with van der Waals surface area (Å²) in [6, 6.07) is 9.91. The molecule has 1 aromatic heterocycles. The van der Waals surface area contributed by atoms with Crippen LogP contribution in [-0.2, 0) is 6.54 Å². The number of halogens is 2. The van der Waals surface area contributed by atoms with Gasteiger partial charge < -0.3 is 24.3 Å². The van der Waals surface area contributed by atoms with Gasteiger partial charge in [-0.1, -0.05) is 6.07 Å². The average Bonchev–Trinajstić information content (AvgIpc) is 3.18. The van der Waals surface area contributed by atoms with Gasteiger partial charge in [-0.15, -0.1) is 11.3 Å². The second-order valence-electron chi connectivity index (χ2n) is 6.55. The molecule has 32 heavy (non-hydrogen) atoms. The molecule has 10 heteroatoms. The van der Waals surface area contributed by atoms with Gasteiger partial charge in [-0.3, -0.25) is 4.79 Å². The lowest BCUT2D eigenvalue weighted by Crippen LogP contribution is -2.22. The van der Waals surface area contributed by atoms with Gasteiger partial charge in [0.2, 0.25) is 0 Å². The maximum atomic E-state index is 12.7. The molecule has 1 amide bonds. The van der Waals surface area contributed by atoms with E-state index >= 15 is 0 Å². The monoisotopic (exact) mass is 464 g/mol. The first-order chi connectivity index (χ1) is 15.4. The van der Waals surface area contributed by atoms with Crippen LogP contribution in [0.4, 0.5) is 8.78 Å². The van der Waals surface area contributed by atoms with Gasteiger partial charge in [-0.25, -0.2) is 4.98 Å². The maximum Gasteiger partial charge on any atom is 0.387 e. The Hall–Kier alpha value is -3.40. The summed E-state index contributed by atoms with van der Waals surface area (Å²) >= 11 is 1.26. The van der Waals surface area contributed by atoms with Crippen LogP contribution in [0.1, 0.15) is 20.9 Å². The highest BCUT2D eigenvalue weighted by Gasteiger charge is 2.18. The highest BCUT2D eigenvalue weighted by molar-refractivity contribution is 7.17. The Morgan fingerprint density at radius 3 is 2.31 bits per heavy atom. The van der Waals surface area contributed by atoms with Crippen molar-refractivity contribution in [3.63, 3.8) is 0 Å². The number of benzene rings is 2. The van der Waals surface area contributed by atoms with E-state index in [0.717, 1.165) is 5.56 Å². The van der Waals surface area contributed by atoms with Gasteiger partial charge in [0, 0.05) is 12.1 Å². The molecular formula is C22H22F2N2O5S. The minimum Gasteiger partial charge on any atom is -0.493 e. The molecule has 0 saturated carbocycles. The number of hydrogen-bond acceptors (Lipinski definition) is 7. The van der Waals surface area contributed by atoms with Gasteiger partial charge in [-0.2, -0.15) is 8.78 Å². The van der Waals surface area contributed by atoms with Crippen molar-refractivity contribution in [1.82, 2.24) is 10.3 Å². The number of alkyl halides is 2. The van der Waals surface area contributed by atoms with Crippen molar-refractivity contribution in [2.45, 2.75) is 20.1 Å².